The number of carbonyl (C=O) groups is 1. The quantitative estimate of drug-likeness (QED) is 0.747. The number of likely N-dealkylation sites (tertiary alicyclic amines) is 1. The minimum atomic E-state index is -0.315. The van der Waals surface area contributed by atoms with Crippen LogP contribution >= 0.6 is 0 Å². The minimum Gasteiger partial charge on any atom is -0.493 e. The van der Waals surface area contributed by atoms with E-state index in [-0.39, 0.29) is 17.8 Å². The van der Waals surface area contributed by atoms with E-state index in [2.05, 4.69) is 4.98 Å². The van der Waals surface area contributed by atoms with Crippen LogP contribution in [0.2, 0.25) is 0 Å². The zero-order chi connectivity index (χ0) is 19.0. The summed E-state index contributed by atoms with van der Waals surface area (Å²) in [6, 6.07) is 11.9. The summed E-state index contributed by atoms with van der Waals surface area (Å²) >= 11 is 0. The average molecular weight is 368 g/mol. The van der Waals surface area contributed by atoms with E-state index in [4.69, 9.17) is 9.47 Å². The van der Waals surface area contributed by atoms with E-state index in [0.29, 0.717) is 29.1 Å². The van der Waals surface area contributed by atoms with Gasteiger partial charge in [0.2, 0.25) is 0 Å². The summed E-state index contributed by atoms with van der Waals surface area (Å²) in [6.45, 7) is 0.682. The number of fused-ring (bicyclic) bond motifs is 1. The third kappa shape index (κ3) is 3.12. The van der Waals surface area contributed by atoms with Gasteiger partial charge >= 0.3 is 0 Å². The van der Waals surface area contributed by atoms with Crippen molar-refractivity contribution in [1.82, 2.24) is 9.88 Å². The van der Waals surface area contributed by atoms with Crippen molar-refractivity contribution in [2.24, 2.45) is 0 Å². The highest BCUT2D eigenvalue weighted by Crippen LogP contribution is 2.37. The van der Waals surface area contributed by atoms with Gasteiger partial charge in [0.05, 0.1) is 20.3 Å². The second-order valence-corrected chi connectivity index (χ2v) is 6.69. The Morgan fingerprint density at radius 1 is 1.11 bits per heavy atom. The second-order valence-electron chi connectivity index (χ2n) is 6.69. The lowest BCUT2D eigenvalue weighted by Gasteiger charge is -2.25. The standard InChI is InChI=1S/C21H21FN2O3/c1-26-19-8-5-13(12-20(19)27-2)18-4-3-9-24(18)21(25)17-11-14-10-15(22)6-7-16(14)23-17/h5-8,10-12,18,23H,3-4,9H2,1-2H3. The molecule has 0 bridgehead atoms. The Bertz CT molecular complexity index is 998. The molecular formula is C21H21FN2O3. The number of ether oxygens (including phenoxy) is 2. The van der Waals surface area contributed by atoms with E-state index in [1.165, 1.54) is 12.1 Å². The van der Waals surface area contributed by atoms with Crippen molar-refractivity contribution in [1.29, 1.82) is 0 Å². The van der Waals surface area contributed by atoms with Gasteiger partial charge in [0.25, 0.3) is 5.91 Å². The number of halogens is 1. The molecule has 27 heavy (non-hydrogen) atoms. The van der Waals surface area contributed by atoms with Gasteiger partial charge in [0, 0.05) is 17.4 Å². The maximum Gasteiger partial charge on any atom is 0.270 e. The molecule has 1 aliphatic heterocycles. The van der Waals surface area contributed by atoms with Gasteiger partial charge in [-0.05, 0) is 54.8 Å². The molecule has 0 saturated carbocycles. The van der Waals surface area contributed by atoms with Crippen LogP contribution in [0.5, 0.6) is 11.5 Å². The number of H-pyrrole nitrogens is 1. The Morgan fingerprint density at radius 3 is 2.70 bits per heavy atom. The normalized spacial score (nSPS) is 16.7. The van der Waals surface area contributed by atoms with E-state index in [1.54, 1.807) is 26.4 Å². The number of methoxy groups -OCH3 is 2. The molecule has 1 N–H and O–H groups in total. The second kappa shape index (κ2) is 6.95. The lowest BCUT2D eigenvalue weighted by molar-refractivity contribution is 0.0730. The van der Waals surface area contributed by atoms with Crippen LogP contribution in [0.25, 0.3) is 10.9 Å². The Labute approximate surface area is 156 Å². The summed E-state index contributed by atoms with van der Waals surface area (Å²) in [4.78, 5) is 18.1. The third-order valence-electron chi connectivity index (χ3n) is 5.12. The Kier molecular flexibility index (Phi) is 4.48. The fourth-order valence-electron chi connectivity index (χ4n) is 3.79. The van der Waals surface area contributed by atoms with Crippen LogP contribution in [0.1, 0.15) is 34.9 Å². The zero-order valence-corrected chi connectivity index (χ0v) is 15.3. The summed E-state index contributed by atoms with van der Waals surface area (Å²) in [5, 5.41) is 0.695. The molecule has 4 rings (SSSR count). The van der Waals surface area contributed by atoms with Gasteiger partial charge in [-0.1, -0.05) is 6.07 Å². The molecule has 1 unspecified atom stereocenters. The Balaban J connectivity index is 1.65. The molecule has 1 aromatic heterocycles. The first-order chi connectivity index (χ1) is 13.1. The Hall–Kier alpha value is -3.02. The van der Waals surface area contributed by atoms with Gasteiger partial charge in [-0.25, -0.2) is 4.39 Å². The molecule has 0 aliphatic carbocycles. The van der Waals surface area contributed by atoms with Crippen molar-refractivity contribution in [3.05, 3.63) is 59.5 Å². The molecule has 0 radical (unpaired) electrons. The monoisotopic (exact) mass is 368 g/mol. The molecule has 0 spiro atoms. The molecule has 1 atom stereocenters. The highest BCUT2D eigenvalue weighted by Gasteiger charge is 2.32. The van der Waals surface area contributed by atoms with Crippen LogP contribution in [-0.4, -0.2) is 36.6 Å². The molecule has 140 valence electrons. The summed E-state index contributed by atoms with van der Waals surface area (Å²) in [5.74, 6) is 0.916. The molecule has 1 saturated heterocycles. The van der Waals surface area contributed by atoms with Gasteiger partial charge < -0.3 is 19.4 Å². The number of hydrogen-bond donors (Lipinski definition) is 1. The predicted molar refractivity (Wildman–Crippen MR) is 101 cm³/mol. The number of rotatable bonds is 4. The molecular weight excluding hydrogens is 347 g/mol. The van der Waals surface area contributed by atoms with Crippen LogP contribution in [0.4, 0.5) is 4.39 Å². The smallest absolute Gasteiger partial charge is 0.270 e. The summed E-state index contributed by atoms with van der Waals surface area (Å²) in [6.07, 6.45) is 1.82. The maximum absolute atomic E-state index is 13.4. The van der Waals surface area contributed by atoms with Crippen molar-refractivity contribution in [3.63, 3.8) is 0 Å². The van der Waals surface area contributed by atoms with E-state index >= 15 is 0 Å². The molecule has 1 fully saturated rings. The SMILES string of the molecule is COc1ccc(C2CCCN2C(=O)c2cc3cc(F)ccc3[nH]2)cc1OC. The summed E-state index contributed by atoms with van der Waals surface area (Å²) in [7, 11) is 3.20. The number of nitrogens with zero attached hydrogens (tertiary/aromatic N) is 1. The number of nitrogens with one attached hydrogen (secondary N) is 1. The van der Waals surface area contributed by atoms with Crippen LogP contribution in [0, 0.1) is 5.82 Å². The van der Waals surface area contributed by atoms with E-state index in [0.717, 1.165) is 23.9 Å². The van der Waals surface area contributed by atoms with Crippen LogP contribution in [-0.2, 0) is 0 Å². The number of benzene rings is 2. The van der Waals surface area contributed by atoms with Crippen molar-refractivity contribution in [3.8, 4) is 11.5 Å². The van der Waals surface area contributed by atoms with E-state index in [1.807, 2.05) is 23.1 Å². The minimum absolute atomic E-state index is 0.0274. The number of amides is 1. The van der Waals surface area contributed by atoms with Crippen LogP contribution in [0.3, 0.4) is 0 Å². The first kappa shape index (κ1) is 17.4. The molecule has 2 aromatic carbocycles. The van der Waals surface area contributed by atoms with Gasteiger partial charge in [-0.15, -0.1) is 0 Å². The topological polar surface area (TPSA) is 54.6 Å². The van der Waals surface area contributed by atoms with Crippen molar-refractivity contribution >= 4 is 16.8 Å². The largest absolute Gasteiger partial charge is 0.493 e. The average Bonchev–Trinajstić information content (AvgIpc) is 3.33. The lowest BCUT2D eigenvalue weighted by Crippen LogP contribution is -2.30. The van der Waals surface area contributed by atoms with Crippen LogP contribution in [0.15, 0.2) is 42.5 Å². The first-order valence-electron chi connectivity index (χ1n) is 8.92. The van der Waals surface area contributed by atoms with E-state index in [9.17, 15) is 9.18 Å². The Morgan fingerprint density at radius 2 is 1.93 bits per heavy atom. The predicted octanol–water partition coefficient (Wildman–Crippen LogP) is 4.30. The number of aromatic nitrogens is 1. The van der Waals surface area contributed by atoms with Gasteiger partial charge in [-0.3, -0.25) is 4.79 Å². The summed E-state index contributed by atoms with van der Waals surface area (Å²) < 4.78 is 24.1. The number of hydrogen-bond acceptors (Lipinski definition) is 3. The highest BCUT2D eigenvalue weighted by atomic mass is 19.1. The van der Waals surface area contributed by atoms with Crippen molar-refractivity contribution in [2.75, 3.05) is 20.8 Å². The lowest BCUT2D eigenvalue weighted by atomic mass is 10.0. The number of aromatic amines is 1. The first-order valence-corrected chi connectivity index (χ1v) is 8.92. The molecule has 2 heterocycles. The fourth-order valence-corrected chi connectivity index (χ4v) is 3.79. The van der Waals surface area contributed by atoms with Crippen LogP contribution < -0.4 is 9.47 Å². The molecule has 5 nitrogen and oxygen atoms in total. The molecule has 3 aromatic rings. The van der Waals surface area contributed by atoms with Gasteiger partial charge in [0.15, 0.2) is 11.5 Å². The van der Waals surface area contributed by atoms with Crippen molar-refractivity contribution in [2.45, 2.75) is 18.9 Å². The molecule has 6 heteroatoms. The summed E-state index contributed by atoms with van der Waals surface area (Å²) in [5.41, 5.74) is 2.24. The maximum atomic E-state index is 13.4. The zero-order valence-electron chi connectivity index (χ0n) is 15.3. The van der Waals surface area contributed by atoms with Crippen molar-refractivity contribution < 1.29 is 18.7 Å². The van der Waals surface area contributed by atoms with Gasteiger partial charge in [-0.2, -0.15) is 0 Å². The highest BCUT2D eigenvalue weighted by molar-refractivity contribution is 5.98. The molecule has 1 aliphatic rings. The van der Waals surface area contributed by atoms with E-state index < -0.39 is 0 Å². The fraction of sp³-hybridized carbons (Fsp3) is 0.286. The van der Waals surface area contributed by atoms with Gasteiger partial charge in [0.1, 0.15) is 11.5 Å². The number of carbonyl (C=O) groups excluding carboxylic acids is 1. The molecule has 1 amide bonds. The third-order valence-corrected chi connectivity index (χ3v) is 5.12.